The smallest absolute Gasteiger partial charge is 0.147 e. The summed E-state index contributed by atoms with van der Waals surface area (Å²) in [7, 11) is 0. The quantitative estimate of drug-likeness (QED) is 0.905. The summed E-state index contributed by atoms with van der Waals surface area (Å²) >= 11 is 0. The van der Waals surface area contributed by atoms with E-state index in [4.69, 9.17) is 0 Å². The molecule has 2 rings (SSSR count). The first-order chi connectivity index (χ1) is 8.65. The molecule has 0 aliphatic heterocycles. The van der Waals surface area contributed by atoms with Crippen molar-refractivity contribution in [3.8, 4) is 0 Å². The van der Waals surface area contributed by atoms with Crippen LogP contribution in [0.3, 0.4) is 0 Å². The number of benzene rings is 1. The van der Waals surface area contributed by atoms with Crippen molar-refractivity contribution in [2.45, 2.75) is 13.3 Å². The van der Waals surface area contributed by atoms with Gasteiger partial charge in [-0.2, -0.15) is 0 Å². The molecule has 1 heterocycles. The Balaban J connectivity index is 1.94. The fourth-order valence-corrected chi connectivity index (χ4v) is 1.66. The predicted molar refractivity (Wildman–Crippen MR) is 65.3 cm³/mol. The Morgan fingerprint density at radius 3 is 2.39 bits per heavy atom. The molecule has 1 N–H and O–H groups in total. The number of anilines is 1. The predicted octanol–water partition coefficient (Wildman–Crippen LogP) is 2.72. The lowest BCUT2D eigenvalue weighted by molar-refractivity contribution is 0.580. The molecule has 5 heteroatoms. The summed E-state index contributed by atoms with van der Waals surface area (Å²) in [5.74, 6) is -0.421. The van der Waals surface area contributed by atoms with Crippen molar-refractivity contribution in [2.75, 3.05) is 11.9 Å². The molecule has 0 unspecified atom stereocenters. The Morgan fingerprint density at radius 2 is 1.72 bits per heavy atom. The number of nitrogens with zero attached hydrogens (tertiary/aromatic N) is 2. The van der Waals surface area contributed by atoms with Crippen molar-refractivity contribution < 1.29 is 8.78 Å². The molecule has 0 amide bonds. The lowest BCUT2D eigenvalue weighted by Gasteiger charge is -2.07. The van der Waals surface area contributed by atoms with Crippen LogP contribution in [-0.2, 0) is 6.42 Å². The van der Waals surface area contributed by atoms with E-state index in [1.54, 1.807) is 12.4 Å². The third-order valence-corrected chi connectivity index (χ3v) is 2.51. The summed E-state index contributed by atoms with van der Waals surface area (Å²) < 4.78 is 25.9. The van der Waals surface area contributed by atoms with Gasteiger partial charge in [0.15, 0.2) is 0 Å². The van der Waals surface area contributed by atoms with Crippen molar-refractivity contribution in [1.82, 2.24) is 9.97 Å². The number of halogens is 2. The van der Waals surface area contributed by atoms with Crippen molar-refractivity contribution >= 4 is 5.82 Å². The second kappa shape index (κ2) is 5.53. The minimum absolute atomic E-state index is 0.519. The maximum absolute atomic E-state index is 13.0. The number of aromatic nitrogens is 2. The molecule has 0 saturated carbocycles. The van der Waals surface area contributed by atoms with Gasteiger partial charge in [0.25, 0.3) is 0 Å². The Bertz CT molecular complexity index is 523. The fraction of sp³-hybridized carbons (Fsp3) is 0.231. The van der Waals surface area contributed by atoms with Crippen LogP contribution < -0.4 is 5.32 Å². The van der Waals surface area contributed by atoms with Gasteiger partial charge in [-0.15, -0.1) is 0 Å². The molecule has 0 radical (unpaired) electrons. The zero-order chi connectivity index (χ0) is 13.0. The maximum atomic E-state index is 13.0. The van der Waals surface area contributed by atoms with Gasteiger partial charge >= 0.3 is 0 Å². The fourth-order valence-electron chi connectivity index (χ4n) is 1.66. The number of rotatable bonds is 4. The summed E-state index contributed by atoms with van der Waals surface area (Å²) in [6.45, 7) is 2.39. The molecule has 0 bridgehead atoms. The monoisotopic (exact) mass is 249 g/mol. The van der Waals surface area contributed by atoms with Crippen LogP contribution in [0.4, 0.5) is 14.6 Å². The van der Waals surface area contributed by atoms with Crippen molar-refractivity contribution in [3.05, 3.63) is 53.5 Å². The van der Waals surface area contributed by atoms with Crippen LogP contribution in [0.5, 0.6) is 0 Å². The van der Waals surface area contributed by atoms with Crippen LogP contribution in [-0.4, -0.2) is 16.5 Å². The van der Waals surface area contributed by atoms with Crippen LogP contribution in [0.25, 0.3) is 0 Å². The normalized spacial score (nSPS) is 10.4. The van der Waals surface area contributed by atoms with Gasteiger partial charge in [0, 0.05) is 25.0 Å². The van der Waals surface area contributed by atoms with E-state index in [1.807, 2.05) is 6.92 Å². The molecular formula is C13H13F2N3. The summed E-state index contributed by atoms with van der Waals surface area (Å²) in [5.41, 5.74) is 1.41. The average Bonchev–Trinajstić information content (AvgIpc) is 2.30. The molecule has 1 aromatic carbocycles. The van der Waals surface area contributed by atoms with E-state index in [-0.39, 0.29) is 0 Å². The zero-order valence-corrected chi connectivity index (χ0v) is 9.95. The lowest BCUT2D eigenvalue weighted by Crippen LogP contribution is -2.08. The van der Waals surface area contributed by atoms with Crippen LogP contribution in [0.1, 0.15) is 11.3 Å². The van der Waals surface area contributed by atoms with E-state index in [2.05, 4.69) is 15.3 Å². The summed E-state index contributed by atoms with van der Waals surface area (Å²) in [5, 5.41) is 3.08. The molecule has 1 aromatic heterocycles. The van der Waals surface area contributed by atoms with Gasteiger partial charge in [0.1, 0.15) is 17.5 Å². The SMILES string of the molecule is Cc1nccnc1NCCc1cc(F)cc(F)c1. The van der Waals surface area contributed by atoms with E-state index in [1.165, 1.54) is 12.1 Å². The molecule has 18 heavy (non-hydrogen) atoms. The number of hydrogen-bond donors (Lipinski definition) is 1. The molecule has 2 aromatic rings. The molecule has 94 valence electrons. The first kappa shape index (κ1) is 12.4. The number of nitrogens with one attached hydrogen (secondary N) is 1. The second-order valence-corrected chi connectivity index (χ2v) is 3.94. The van der Waals surface area contributed by atoms with Gasteiger partial charge in [-0.1, -0.05) is 0 Å². The minimum atomic E-state index is -0.555. The van der Waals surface area contributed by atoms with Crippen molar-refractivity contribution in [3.63, 3.8) is 0 Å². The highest BCUT2D eigenvalue weighted by molar-refractivity contribution is 5.38. The lowest BCUT2D eigenvalue weighted by atomic mass is 10.1. The maximum Gasteiger partial charge on any atom is 0.147 e. The van der Waals surface area contributed by atoms with Gasteiger partial charge < -0.3 is 5.32 Å². The molecule has 3 nitrogen and oxygen atoms in total. The summed E-state index contributed by atoms with van der Waals surface area (Å²) in [6.07, 6.45) is 3.73. The zero-order valence-electron chi connectivity index (χ0n) is 9.95. The third-order valence-electron chi connectivity index (χ3n) is 2.51. The Hall–Kier alpha value is -2.04. The first-order valence-corrected chi connectivity index (χ1v) is 5.61. The van der Waals surface area contributed by atoms with Gasteiger partial charge in [-0.25, -0.2) is 13.8 Å². The van der Waals surface area contributed by atoms with E-state index in [9.17, 15) is 8.78 Å². The standard InChI is InChI=1S/C13H13F2N3/c1-9-13(18-5-4-16-9)17-3-2-10-6-11(14)8-12(15)7-10/h4-8H,2-3H2,1H3,(H,17,18). The highest BCUT2D eigenvalue weighted by Crippen LogP contribution is 2.10. The highest BCUT2D eigenvalue weighted by Gasteiger charge is 2.02. The molecule has 0 aliphatic rings. The van der Waals surface area contributed by atoms with Gasteiger partial charge in [-0.3, -0.25) is 4.98 Å². The second-order valence-electron chi connectivity index (χ2n) is 3.94. The summed E-state index contributed by atoms with van der Waals surface area (Å²) in [6, 6.07) is 3.52. The molecule has 0 fully saturated rings. The van der Waals surface area contributed by atoms with Crippen LogP contribution in [0, 0.1) is 18.6 Å². The average molecular weight is 249 g/mol. The Morgan fingerprint density at radius 1 is 1.06 bits per heavy atom. The summed E-state index contributed by atoms with van der Waals surface area (Å²) in [4.78, 5) is 8.21. The van der Waals surface area contributed by atoms with Gasteiger partial charge in [0.2, 0.25) is 0 Å². The molecular weight excluding hydrogens is 236 g/mol. The highest BCUT2D eigenvalue weighted by atomic mass is 19.1. The van der Waals surface area contributed by atoms with Gasteiger partial charge in [0.05, 0.1) is 5.69 Å². The number of hydrogen-bond acceptors (Lipinski definition) is 3. The van der Waals surface area contributed by atoms with Gasteiger partial charge in [-0.05, 0) is 31.0 Å². The number of aryl methyl sites for hydroxylation is 1. The van der Waals surface area contributed by atoms with Crippen molar-refractivity contribution in [1.29, 1.82) is 0 Å². The topological polar surface area (TPSA) is 37.8 Å². The van der Waals surface area contributed by atoms with E-state index < -0.39 is 11.6 Å². The molecule has 0 spiro atoms. The van der Waals surface area contributed by atoms with Crippen LogP contribution in [0.2, 0.25) is 0 Å². The molecule has 0 aliphatic carbocycles. The van der Waals surface area contributed by atoms with E-state index in [0.29, 0.717) is 24.3 Å². The molecule has 0 atom stereocenters. The third kappa shape index (κ3) is 3.23. The largest absolute Gasteiger partial charge is 0.368 e. The first-order valence-electron chi connectivity index (χ1n) is 5.61. The van der Waals surface area contributed by atoms with E-state index in [0.717, 1.165) is 11.8 Å². The van der Waals surface area contributed by atoms with Crippen molar-refractivity contribution in [2.24, 2.45) is 0 Å². The minimum Gasteiger partial charge on any atom is -0.368 e. The Labute approximate surface area is 104 Å². The Kier molecular flexibility index (Phi) is 3.82. The molecule has 0 saturated heterocycles. The van der Waals surface area contributed by atoms with E-state index >= 15 is 0 Å². The van der Waals surface area contributed by atoms with Crippen LogP contribution >= 0.6 is 0 Å². The van der Waals surface area contributed by atoms with Crippen LogP contribution in [0.15, 0.2) is 30.6 Å².